The number of fused-ring (bicyclic) bond motifs is 2. The molecule has 0 aliphatic carbocycles. The first-order valence-corrected chi connectivity index (χ1v) is 11.5. The number of benzene rings is 2. The highest BCUT2D eigenvalue weighted by Crippen LogP contribution is 2.28. The fourth-order valence-electron chi connectivity index (χ4n) is 3.71. The van der Waals surface area contributed by atoms with Gasteiger partial charge in [-0.3, -0.25) is 9.20 Å². The Bertz CT molecular complexity index is 1640. The van der Waals surface area contributed by atoms with E-state index in [0.717, 1.165) is 11.3 Å². The molecular formula is C24H17N7O2S. The highest BCUT2D eigenvalue weighted by atomic mass is 32.2. The monoisotopic (exact) mass is 467 g/mol. The van der Waals surface area contributed by atoms with E-state index >= 15 is 0 Å². The van der Waals surface area contributed by atoms with Gasteiger partial charge in [0.25, 0.3) is 16.7 Å². The van der Waals surface area contributed by atoms with Gasteiger partial charge in [-0.05, 0) is 17.7 Å². The highest BCUT2D eigenvalue weighted by molar-refractivity contribution is 7.98. The Balaban J connectivity index is 1.32. The maximum Gasteiger partial charge on any atom is 0.277 e. The van der Waals surface area contributed by atoms with Crippen LogP contribution >= 0.6 is 11.8 Å². The second-order valence-electron chi connectivity index (χ2n) is 7.56. The summed E-state index contributed by atoms with van der Waals surface area (Å²) in [5.74, 6) is 1.45. The maximum absolute atomic E-state index is 13.1. The predicted octanol–water partition coefficient (Wildman–Crippen LogP) is 3.83. The Labute approximate surface area is 197 Å². The van der Waals surface area contributed by atoms with E-state index in [1.165, 1.54) is 16.4 Å². The van der Waals surface area contributed by atoms with Crippen molar-refractivity contribution in [2.24, 2.45) is 0 Å². The normalized spacial score (nSPS) is 11.4. The lowest BCUT2D eigenvalue weighted by Gasteiger charge is -2.09. The summed E-state index contributed by atoms with van der Waals surface area (Å²) >= 11 is 1.38. The zero-order chi connectivity index (χ0) is 22.9. The average Bonchev–Trinajstić information content (AvgIpc) is 3.52. The minimum Gasteiger partial charge on any atom is -0.409 e. The van der Waals surface area contributed by atoms with Crippen LogP contribution < -0.4 is 5.56 Å². The number of aromatic nitrogens is 7. The lowest BCUT2D eigenvalue weighted by molar-refractivity contribution is 0.462. The van der Waals surface area contributed by atoms with E-state index in [1.54, 1.807) is 12.3 Å². The van der Waals surface area contributed by atoms with Crippen molar-refractivity contribution in [1.82, 2.24) is 34.3 Å². The summed E-state index contributed by atoms with van der Waals surface area (Å²) in [7, 11) is 0. The molecule has 6 aromatic rings. The first-order valence-electron chi connectivity index (χ1n) is 10.5. The topological polar surface area (TPSA) is 104 Å². The van der Waals surface area contributed by atoms with E-state index in [0.29, 0.717) is 39.8 Å². The molecule has 0 aliphatic rings. The molecule has 0 amide bonds. The molecular weight excluding hydrogens is 450 g/mol. The third-order valence-electron chi connectivity index (χ3n) is 5.28. The highest BCUT2D eigenvalue weighted by Gasteiger charge is 2.18. The van der Waals surface area contributed by atoms with Crippen molar-refractivity contribution >= 4 is 28.3 Å². The van der Waals surface area contributed by atoms with Gasteiger partial charge in [-0.25, -0.2) is 14.6 Å². The number of imidazole rings is 1. The Morgan fingerprint density at radius 1 is 0.941 bits per heavy atom. The molecule has 0 radical (unpaired) electrons. The van der Waals surface area contributed by atoms with Gasteiger partial charge in [-0.1, -0.05) is 60.3 Å². The quantitative estimate of drug-likeness (QED) is 0.341. The summed E-state index contributed by atoms with van der Waals surface area (Å²) in [6, 6.07) is 18.9. The number of hydrogen-bond acceptors (Lipinski definition) is 8. The third-order valence-corrected chi connectivity index (χ3v) is 6.13. The summed E-state index contributed by atoms with van der Waals surface area (Å²) in [4.78, 5) is 21.8. The zero-order valence-electron chi connectivity index (χ0n) is 17.8. The maximum atomic E-state index is 13.1. The number of thioether (sulfide) groups is 1. The van der Waals surface area contributed by atoms with Crippen LogP contribution in [0.1, 0.15) is 11.3 Å². The van der Waals surface area contributed by atoms with Gasteiger partial charge in [0.15, 0.2) is 5.69 Å². The molecule has 4 heterocycles. The minimum atomic E-state index is -0.169. The summed E-state index contributed by atoms with van der Waals surface area (Å²) < 4.78 is 9.23. The van der Waals surface area contributed by atoms with Crippen molar-refractivity contribution < 1.29 is 4.42 Å². The molecule has 2 aromatic carbocycles. The smallest absolute Gasteiger partial charge is 0.277 e. The third kappa shape index (κ3) is 3.84. The standard InChI is InChI=1S/C24H17N7O2S/c32-22-19-10-5-4-9-18(19)20(29-31(22)13-16-7-2-1-3-8-16)21-27-28-24(33-21)34-15-17-14-30-12-6-11-25-23(30)26-17/h1-12,14H,13,15H2. The van der Waals surface area contributed by atoms with Crippen molar-refractivity contribution in [3.63, 3.8) is 0 Å². The van der Waals surface area contributed by atoms with Gasteiger partial charge in [-0.2, -0.15) is 5.10 Å². The minimum absolute atomic E-state index is 0.169. The van der Waals surface area contributed by atoms with Crippen LogP contribution in [0.4, 0.5) is 0 Å². The second kappa shape index (κ2) is 8.56. The molecule has 0 fully saturated rings. The number of hydrogen-bond donors (Lipinski definition) is 0. The van der Waals surface area contributed by atoms with Crippen LogP contribution in [-0.4, -0.2) is 34.3 Å². The van der Waals surface area contributed by atoms with E-state index in [-0.39, 0.29) is 11.4 Å². The van der Waals surface area contributed by atoms with Crippen LogP contribution in [0.25, 0.3) is 28.1 Å². The van der Waals surface area contributed by atoms with Crippen molar-refractivity contribution in [3.05, 3.63) is 101 Å². The molecule has 10 heteroatoms. The molecule has 0 N–H and O–H groups in total. The molecule has 0 spiro atoms. The van der Waals surface area contributed by atoms with Gasteiger partial charge in [-0.15, -0.1) is 10.2 Å². The van der Waals surface area contributed by atoms with Gasteiger partial charge in [0.05, 0.1) is 17.6 Å². The lowest BCUT2D eigenvalue weighted by atomic mass is 10.1. The van der Waals surface area contributed by atoms with E-state index in [9.17, 15) is 4.79 Å². The molecule has 0 atom stereocenters. The number of rotatable bonds is 6. The fraction of sp³-hybridized carbons (Fsp3) is 0.0833. The number of nitrogens with zero attached hydrogens (tertiary/aromatic N) is 7. The van der Waals surface area contributed by atoms with E-state index < -0.39 is 0 Å². The molecule has 0 unspecified atom stereocenters. The SMILES string of the molecule is O=c1c2ccccc2c(-c2nnc(SCc3cn4cccnc4n3)o2)nn1Cc1ccccc1. The lowest BCUT2D eigenvalue weighted by Crippen LogP contribution is -2.24. The first-order chi connectivity index (χ1) is 16.7. The largest absolute Gasteiger partial charge is 0.409 e. The predicted molar refractivity (Wildman–Crippen MR) is 127 cm³/mol. The average molecular weight is 468 g/mol. The van der Waals surface area contributed by atoms with Crippen LogP contribution in [0.3, 0.4) is 0 Å². The fourth-order valence-corrected chi connectivity index (χ4v) is 4.35. The summed E-state index contributed by atoms with van der Waals surface area (Å²) in [5, 5.41) is 14.6. The molecule has 4 aromatic heterocycles. The van der Waals surface area contributed by atoms with Crippen LogP contribution in [-0.2, 0) is 12.3 Å². The molecule has 0 saturated carbocycles. The van der Waals surface area contributed by atoms with Crippen molar-refractivity contribution in [2.45, 2.75) is 17.5 Å². The molecule has 9 nitrogen and oxygen atoms in total. The molecule has 0 aliphatic heterocycles. The van der Waals surface area contributed by atoms with Crippen LogP contribution in [0.15, 0.2) is 93.7 Å². The second-order valence-corrected chi connectivity index (χ2v) is 8.49. The first kappa shape index (κ1) is 20.3. The molecule has 6 rings (SSSR count). The van der Waals surface area contributed by atoms with Crippen LogP contribution in [0, 0.1) is 0 Å². The summed E-state index contributed by atoms with van der Waals surface area (Å²) in [6.07, 6.45) is 5.52. The Morgan fingerprint density at radius 3 is 2.62 bits per heavy atom. The summed E-state index contributed by atoms with van der Waals surface area (Å²) in [5.41, 5.74) is 2.13. The Morgan fingerprint density at radius 2 is 1.76 bits per heavy atom. The molecule has 0 bridgehead atoms. The molecule has 34 heavy (non-hydrogen) atoms. The van der Waals surface area contributed by atoms with E-state index in [4.69, 9.17) is 4.42 Å². The van der Waals surface area contributed by atoms with Crippen LogP contribution in [0.5, 0.6) is 0 Å². The van der Waals surface area contributed by atoms with Gasteiger partial charge in [0.2, 0.25) is 5.78 Å². The van der Waals surface area contributed by atoms with Crippen molar-refractivity contribution in [3.8, 4) is 11.6 Å². The zero-order valence-corrected chi connectivity index (χ0v) is 18.6. The Kier molecular flexibility index (Phi) is 5.11. The summed E-state index contributed by atoms with van der Waals surface area (Å²) in [6.45, 7) is 0.342. The van der Waals surface area contributed by atoms with Gasteiger partial charge in [0, 0.05) is 29.7 Å². The van der Waals surface area contributed by atoms with Crippen molar-refractivity contribution in [1.29, 1.82) is 0 Å². The molecule has 0 saturated heterocycles. The van der Waals surface area contributed by atoms with Crippen molar-refractivity contribution in [2.75, 3.05) is 0 Å². The molecule has 166 valence electrons. The van der Waals surface area contributed by atoms with E-state index in [2.05, 4.69) is 25.3 Å². The van der Waals surface area contributed by atoms with Gasteiger partial charge >= 0.3 is 0 Å². The van der Waals surface area contributed by atoms with Gasteiger partial charge in [0.1, 0.15) is 0 Å². The Hall–Kier alpha value is -4.31. The van der Waals surface area contributed by atoms with E-state index in [1.807, 2.05) is 71.4 Å². The van der Waals surface area contributed by atoms with Gasteiger partial charge < -0.3 is 4.42 Å². The van der Waals surface area contributed by atoms with Crippen LogP contribution in [0.2, 0.25) is 0 Å².